The molecule has 1 heterocycles. The maximum absolute atomic E-state index is 9.08. The minimum Gasteiger partial charge on any atom is -0.395 e. The summed E-state index contributed by atoms with van der Waals surface area (Å²) in [6.45, 7) is 5.53. The predicted octanol–water partition coefficient (Wildman–Crippen LogP) is 0.179. The zero-order valence-corrected chi connectivity index (χ0v) is 8.03. The van der Waals surface area contributed by atoms with E-state index in [0.717, 1.165) is 13.0 Å². The van der Waals surface area contributed by atoms with Crippen LogP contribution in [0.4, 0.5) is 0 Å². The standard InChI is InChI=1S/C9H20N2O/c1-7(10)8(2)11-5-3-4-9(11)6-12/h7-9,12H,3-6,10H2,1-2H3/t7?,8?,9-/m0/s1. The van der Waals surface area contributed by atoms with Crippen molar-refractivity contribution in [2.24, 2.45) is 5.73 Å². The second kappa shape index (κ2) is 4.21. The van der Waals surface area contributed by atoms with Gasteiger partial charge in [-0.05, 0) is 33.2 Å². The topological polar surface area (TPSA) is 49.5 Å². The van der Waals surface area contributed by atoms with E-state index in [2.05, 4.69) is 11.8 Å². The van der Waals surface area contributed by atoms with E-state index in [1.165, 1.54) is 6.42 Å². The third-order valence-electron chi connectivity index (χ3n) is 2.92. The summed E-state index contributed by atoms with van der Waals surface area (Å²) < 4.78 is 0. The molecule has 3 atom stereocenters. The van der Waals surface area contributed by atoms with Crippen molar-refractivity contribution in [3.63, 3.8) is 0 Å². The average Bonchev–Trinajstić information content (AvgIpc) is 2.49. The van der Waals surface area contributed by atoms with Gasteiger partial charge in [0.2, 0.25) is 0 Å². The Morgan fingerprint density at radius 1 is 1.58 bits per heavy atom. The fourth-order valence-corrected chi connectivity index (χ4v) is 1.89. The molecule has 0 aliphatic carbocycles. The van der Waals surface area contributed by atoms with Crippen molar-refractivity contribution < 1.29 is 5.11 Å². The van der Waals surface area contributed by atoms with Gasteiger partial charge in [0.05, 0.1) is 6.61 Å². The first-order valence-electron chi connectivity index (χ1n) is 4.79. The highest BCUT2D eigenvalue weighted by molar-refractivity contribution is 4.85. The molecule has 3 heteroatoms. The van der Waals surface area contributed by atoms with Crippen molar-refractivity contribution in [1.29, 1.82) is 0 Å². The highest BCUT2D eigenvalue weighted by atomic mass is 16.3. The Morgan fingerprint density at radius 3 is 2.75 bits per heavy atom. The van der Waals surface area contributed by atoms with Gasteiger partial charge in [0.1, 0.15) is 0 Å². The molecular formula is C9H20N2O. The summed E-state index contributed by atoms with van der Waals surface area (Å²) in [4.78, 5) is 2.32. The molecule has 0 aromatic carbocycles. The Bertz CT molecular complexity index is 138. The van der Waals surface area contributed by atoms with Crippen LogP contribution in [0.3, 0.4) is 0 Å². The Hall–Kier alpha value is -0.120. The Labute approximate surface area is 74.5 Å². The summed E-state index contributed by atoms with van der Waals surface area (Å²) in [6, 6.07) is 0.938. The van der Waals surface area contributed by atoms with E-state index in [1.807, 2.05) is 6.92 Å². The van der Waals surface area contributed by atoms with Crippen LogP contribution in [0, 0.1) is 0 Å². The van der Waals surface area contributed by atoms with Gasteiger partial charge in [-0.1, -0.05) is 0 Å². The van der Waals surface area contributed by atoms with Gasteiger partial charge in [-0.15, -0.1) is 0 Å². The summed E-state index contributed by atoms with van der Waals surface area (Å²) in [5.74, 6) is 0. The third-order valence-corrected chi connectivity index (χ3v) is 2.92. The zero-order chi connectivity index (χ0) is 9.14. The largest absolute Gasteiger partial charge is 0.395 e. The molecule has 0 radical (unpaired) electrons. The highest BCUT2D eigenvalue weighted by Crippen LogP contribution is 2.20. The van der Waals surface area contributed by atoms with Crippen LogP contribution in [0.15, 0.2) is 0 Å². The molecular weight excluding hydrogens is 152 g/mol. The van der Waals surface area contributed by atoms with Crippen molar-refractivity contribution in [2.75, 3.05) is 13.2 Å². The quantitative estimate of drug-likeness (QED) is 0.638. The van der Waals surface area contributed by atoms with Crippen molar-refractivity contribution in [3.8, 4) is 0 Å². The first-order chi connectivity index (χ1) is 5.66. The van der Waals surface area contributed by atoms with Crippen LogP contribution < -0.4 is 5.73 Å². The Morgan fingerprint density at radius 2 is 2.25 bits per heavy atom. The average molecular weight is 172 g/mol. The highest BCUT2D eigenvalue weighted by Gasteiger charge is 2.29. The van der Waals surface area contributed by atoms with E-state index in [9.17, 15) is 0 Å². The fourth-order valence-electron chi connectivity index (χ4n) is 1.89. The molecule has 12 heavy (non-hydrogen) atoms. The lowest BCUT2D eigenvalue weighted by Gasteiger charge is -2.31. The van der Waals surface area contributed by atoms with Gasteiger partial charge >= 0.3 is 0 Å². The molecule has 0 saturated carbocycles. The number of hydrogen-bond donors (Lipinski definition) is 2. The maximum Gasteiger partial charge on any atom is 0.0587 e. The van der Waals surface area contributed by atoms with Gasteiger partial charge in [-0.2, -0.15) is 0 Å². The minimum atomic E-state index is 0.192. The van der Waals surface area contributed by atoms with Crippen LogP contribution in [0.25, 0.3) is 0 Å². The first-order valence-corrected chi connectivity index (χ1v) is 4.79. The molecule has 0 spiro atoms. The molecule has 2 unspecified atom stereocenters. The molecule has 0 aromatic rings. The predicted molar refractivity (Wildman–Crippen MR) is 49.9 cm³/mol. The second-order valence-electron chi connectivity index (χ2n) is 3.82. The number of nitrogens with two attached hydrogens (primary N) is 1. The van der Waals surface area contributed by atoms with E-state index in [-0.39, 0.29) is 12.6 Å². The van der Waals surface area contributed by atoms with Crippen molar-refractivity contribution in [2.45, 2.75) is 44.8 Å². The van der Waals surface area contributed by atoms with Crippen LogP contribution in [0.5, 0.6) is 0 Å². The summed E-state index contributed by atoms with van der Waals surface area (Å²) in [6.07, 6.45) is 2.32. The molecule has 3 N–H and O–H groups in total. The number of hydrogen-bond acceptors (Lipinski definition) is 3. The minimum absolute atomic E-state index is 0.192. The Balaban J connectivity index is 2.49. The summed E-state index contributed by atoms with van der Waals surface area (Å²) in [5, 5.41) is 9.08. The normalized spacial score (nSPS) is 30.5. The van der Waals surface area contributed by atoms with Gasteiger partial charge in [0, 0.05) is 18.1 Å². The smallest absolute Gasteiger partial charge is 0.0587 e. The van der Waals surface area contributed by atoms with Crippen LogP contribution in [-0.4, -0.2) is 41.3 Å². The summed E-state index contributed by atoms with van der Waals surface area (Å²) in [5.41, 5.74) is 5.81. The molecule has 1 rings (SSSR count). The molecule has 0 bridgehead atoms. The molecule has 72 valence electrons. The second-order valence-corrected chi connectivity index (χ2v) is 3.82. The van der Waals surface area contributed by atoms with E-state index in [4.69, 9.17) is 10.8 Å². The van der Waals surface area contributed by atoms with Crippen LogP contribution in [0.1, 0.15) is 26.7 Å². The summed E-state index contributed by atoms with van der Waals surface area (Å²) in [7, 11) is 0. The zero-order valence-electron chi connectivity index (χ0n) is 8.03. The lowest BCUT2D eigenvalue weighted by Crippen LogP contribution is -2.47. The lowest BCUT2D eigenvalue weighted by atomic mass is 10.1. The molecule has 1 aliphatic heterocycles. The van der Waals surface area contributed by atoms with Crippen LogP contribution >= 0.6 is 0 Å². The molecule has 1 aliphatic rings. The van der Waals surface area contributed by atoms with E-state index in [1.54, 1.807) is 0 Å². The molecule has 1 fully saturated rings. The Kier molecular flexibility index (Phi) is 3.50. The van der Waals surface area contributed by atoms with E-state index in [0.29, 0.717) is 12.1 Å². The van der Waals surface area contributed by atoms with Gasteiger partial charge < -0.3 is 10.8 Å². The molecule has 0 aromatic heterocycles. The SMILES string of the molecule is CC(N)C(C)N1CCC[C@H]1CO. The number of aliphatic hydroxyl groups is 1. The third kappa shape index (κ3) is 1.97. The molecule has 0 amide bonds. The van der Waals surface area contributed by atoms with E-state index < -0.39 is 0 Å². The fraction of sp³-hybridized carbons (Fsp3) is 1.00. The van der Waals surface area contributed by atoms with Gasteiger partial charge in [-0.3, -0.25) is 4.90 Å². The van der Waals surface area contributed by atoms with Crippen molar-refractivity contribution >= 4 is 0 Å². The van der Waals surface area contributed by atoms with Crippen LogP contribution in [-0.2, 0) is 0 Å². The van der Waals surface area contributed by atoms with E-state index >= 15 is 0 Å². The number of likely N-dealkylation sites (tertiary alicyclic amines) is 1. The van der Waals surface area contributed by atoms with Gasteiger partial charge in [-0.25, -0.2) is 0 Å². The van der Waals surface area contributed by atoms with Crippen molar-refractivity contribution in [1.82, 2.24) is 4.90 Å². The van der Waals surface area contributed by atoms with Gasteiger partial charge in [0.25, 0.3) is 0 Å². The molecule has 1 saturated heterocycles. The number of aliphatic hydroxyl groups excluding tert-OH is 1. The van der Waals surface area contributed by atoms with Gasteiger partial charge in [0.15, 0.2) is 0 Å². The molecule has 3 nitrogen and oxygen atoms in total. The van der Waals surface area contributed by atoms with Crippen molar-refractivity contribution in [3.05, 3.63) is 0 Å². The first kappa shape index (κ1) is 9.96. The lowest BCUT2D eigenvalue weighted by molar-refractivity contribution is 0.116. The number of nitrogens with zero attached hydrogens (tertiary/aromatic N) is 1. The van der Waals surface area contributed by atoms with Crippen LogP contribution in [0.2, 0.25) is 0 Å². The number of rotatable bonds is 3. The maximum atomic E-state index is 9.08. The summed E-state index contributed by atoms with van der Waals surface area (Å²) >= 11 is 0. The monoisotopic (exact) mass is 172 g/mol.